The van der Waals surface area contributed by atoms with E-state index in [1.807, 2.05) is 0 Å². The topological polar surface area (TPSA) is 37.6 Å². The van der Waals surface area contributed by atoms with Gasteiger partial charge in [-0.05, 0) is 25.5 Å². The molecule has 0 N–H and O–H groups in total. The number of benzene rings is 1. The van der Waals surface area contributed by atoms with Gasteiger partial charge in [0.15, 0.2) is 0 Å². The molecule has 0 aliphatic carbocycles. The fraction of sp³-hybridized carbons (Fsp3) is 0.263. The number of nitrogens with zero attached hydrogens (tertiary/aromatic N) is 3. The summed E-state index contributed by atoms with van der Waals surface area (Å²) in [7, 11) is 0.961. The highest BCUT2D eigenvalue weighted by molar-refractivity contribution is 5.81. The van der Waals surface area contributed by atoms with Gasteiger partial charge in [0.1, 0.15) is 5.65 Å². The van der Waals surface area contributed by atoms with Crippen molar-refractivity contribution in [3.05, 3.63) is 59.3 Å². The molecule has 4 nitrogen and oxygen atoms in total. The van der Waals surface area contributed by atoms with Crippen LogP contribution in [0.5, 0.6) is 0 Å². The molecule has 23 heavy (non-hydrogen) atoms. The molecule has 0 bridgehead atoms. The van der Waals surface area contributed by atoms with Gasteiger partial charge < -0.3 is 9.30 Å². The van der Waals surface area contributed by atoms with E-state index in [0.717, 1.165) is 7.05 Å². The van der Waals surface area contributed by atoms with Gasteiger partial charge in [-0.1, -0.05) is 35.8 Å². The molecule has 0 spiro atoms. The molecule has 0 atom stereocenters. The maximum Gasteiger partial charge on any atom is 0.228 e. The molecule has 1 amide bonds. The molecule has 2 heterocycles. The van der Waals surface area contributed by atoms with Crippen molar-refractivity contribution < 1.29 is 17.1 Å². The number of likely N-dealkylation sites (N-methyl/N-ethyl adjacent to an activating group) is 1. The van der Waals surface area contributed by atoms with Crippen molar-refractivity contribution in [2.75, 3.05) is 14.0 Å². The van der Waals surface area contributed by atoms with E-state index in [2.05, 4.69) is 4.98 Å². The second-order valence-electron chi connectivity index (χ2n) is 5.23. The standard InChI is InChI=1S/C19H21N3O/c1-13-5-8-15(9-6-13)19-16(11-18(23)21(3)4)22-12-14(2)7-10-17(22)20-19/h5-10,12H,11H2,1-4H3/i3D3,5D,6D,8D,9D,11D2. The van der Waals surface area contributed by atoms with Gasteiger partial charge in [-0.25, -0.2) is 4.98 Å². The van der Waals surface area contributed by atoms with Crippen molar-refractivity contribution >= 4 is 11.6 Å². The van der Waals surface area contributed by atoms with Crippen molar-refractivity contribution in [2.45, 2.75) is 20.2 Å². The quantitative estimate of drug-likeness (QED) is 0.744. The van der Waals surface area contributed by atoms with Crippen molar-refractivity contribution in [2.24, 2.45) is 0 Å². The van der Waals surface area contributed by atoms with Crippen molar-refractivity contribution in [1.29, 1.82) is 0 Å². The lowest BCUT2D eigenvalue weighted by molar-refractivity contribution is -0.128. The Kier molecular flexibility index (Phi) is 1.99. The Balaban J connectivity index is 2.45. The fourth-order valence-corrected chi connectivity index (χ4v) is 2.12. The minimum Gasteiger partial charge on any atom is -0.348 e. The third-order valence-electron chi connectivity index (χ3n) is 3.28. The normalized spacial score (nSPS) is 17.8. The van der Waals surface area contributed by atoms with E-state index in [1.165, 1.54) is 17.5 Å². The average Bonchev–Trinajstić information content (AvgIpc) is 3.07. The summed E-state index contributed by atoms with van der Waals surface area (Å²) < 4.78 is 73.9. The van der Waals surface area contributed by atoms with E-state index in [1.54, 1.807) is 19.1 Å². The van der Waals surface area contributed by atoms with Gasteiger partial charge in [0.05, 0.1) is 23.2 Å². The number of carbonyl (C=O) groups excluding carboxylic acids is 1. The lowest BCUT2D eigenvalue weighted by Gasteiger charge is -2.11. The van der Waals surface area contributed by atoms with E-state index in [-0.39, 0.29) is 40.2 Å². The van der Waals surface area contributed by atoms with Gasteiger partial charge in [-0.3, -0.25) is 4.79 Å². The monoisotopic (exact) mass is 316 g/mol. The van der Waals surface area contributed by atoms with Gasteiger partial charge >= 0.3 is 0 Å². The van der Waals surface area contributed by atoms with Crippen LogP contribution in [0.4, 0.5) is 0 Å². The number of pyridine rings is 1. The molecular formula is C19H21N3O. The smallest absolute Gasteiger partial charge is 0.228 e. The molecule has 3 aromatic rings. The van der Waals surface area contributed by atoms with Crippen LogP contribution in [0, 0.1) is 13.8 Å². The Hall–Kier alpha value is -2.62. The van der Waals surface area contributed by atoms with Crippen molar-refractivity contribution in [3.63, 3.8) is 0 Å². The van der Waals surface area contributed by atoms with Crippen molar-refractivity contribution in [1.82, 2.24) is 14.3 Å². The number of carbonyl (C=O) groups is 1. The minimum absolute atomic E-state index is 0.117. The maximum absolute atomic E-state index is 13.0. The van der Waals surface area contributed by atoms with Crippen LogP contribution in [0.15, 0.2) is 42.5 Å². The van der Waals surface area contributed by atoms with Crippen LogP contribution in [-0.4, -0.2) is 34.2 Å². The third kappa shape index (κ3) is 2.97. The summed E-state index contributed by atoms with van der Waals surface area (Å²) in [5.41, 5.74) is 0.109. The lowest BCUT2D eigenvalue weighted by atomic mass is 10.1. The molecule has 118 valence electrons. The van der Waals surface area contributed by atoms with Crippen LogP contribution < -0.4 is 0 Å². The van der Waals surface area contributed by atoms with Gasteiger partial charge in [-0.15, -0.1) is 0 Å². The summed E-state index contributed by atoms with van der Waals surface area (Å²) in [6.07, 6.45) is -1.41. The number of aryl methyl sites for hydroxylation is 1. The third-order valence-corrected chi connectivity index (χ3v) is 3.28. The first-order valence-corrected chi connectivity index (χ1v) is 6.95. The van der Waals surface area contributed by atoms with E-state index < -0.39 is 31.3 Å². The lowest BCUT2D eigenvalue weighted by Crippen LogP contribution is -2.24. The van der Waals surface area contributed by atoms with E-state index in [0.29, 0.717) is 10.5 Å². The molecular weight excluding hydrogens is 286 g/mol. The number of amides is 1. The van der Waals surface area contributed by atoms with Gasteiger partial charge in [0.25, 0.3) is 0 Å². The predicted octanol–water partition coefficient (Wildman–Crippen LogP) is 3.25. The number of imidazole rings is 1. The first kappa shape index (κ1) is 7.77. The minimum atomic E-state index is -2.92. The Morgan fingerprint density at radius 3 is 2.74 bits per heavy atom. The molecule has 4 heteroatoms. The largest absolute Gasteiger partial charge is 0.348 e. The molecule has 2 aromatic heterocycles. The number of aromatic nitrogens is 2. The summed E-state index contributed by atoms with van der Waals surface area (Å²) in [5.74, 6) is -1.36. The zero-order valence-corrected chi connectivity index (χ0v) is 13.0. The van der Waals surface area contributed by atoms with Crippen LogP contribution >= 0.6 is 0 Å². The zero-order valence-electron chi connectivity index (χ0n) is 22.0. The summed E-state index contributed by atoms with van der Waals surface area (Å²) in [6, 6.07) is 1.76. The summed E-state index contributed by atoms with van der Waals surface area (Å²) in [4.78, 5) is 17.6. The zero-order chi connectivity index (χ0) is 24.3. The van der Waals surface area contributed by atoms with Crippen molar-refractivity contribution in [3.8, 4) is 11.3 Å². The fourth-order valence-electron chi connectivity index (χ4n) is 2.12. The summed E-state index contributed by atoms with van der Waals surface area (Å²) in [6.45, 7) is 0.275. The van der Waals surface area contributed by atoms with Crippen LogP contribution in [-0.2, 0) is 11.2 Å². The summed E-state index contributed by atoms with van der Waals surface area (Å²) >= 11 is 0. The highest BCUT2D eigenvalue weighted by Crippen LogP contribution is 2.26. The Bertz CT molecular complexity index is 1220. The Morgan fingerprint density at radius 2 is 2.04 bits per heavy atom. The molecule has 0 saturated heterocycles. The SMILES string of the molecule is [2H]c1c([2H])c(-c2nc3ccc(C)cn3c2C([2H])([2H])C(=O)N(C)C([2H])([2H])[2H])c([2H])c([2H])c1C. The molecule has 0 aliphatic rings. The van der Waals surface area contributed by atoms with E-state index in [9.17, 15) is 4.79 Å². The average molecular weight is 316 g/mol. The van der Waals surface area contributed by atoms with Crippen LogP contribution in [0.1, 0.15) is 29.2 Å². The van der Waals surface area contributed by atoms with E-state index in [4.69, 9.17) is 12.3 Å². The highest BCUT2D eigenvalue weighted by atomic mass is 16.2. The number of fused-ring (bicyclic) bond motifs is 1. The molecule has 0 radical (unpaired) electrons. The molecule has 0 fully saturated rings. The molecule has 0 unspecified atom stereocenters. The number of hydrogen-bond donors (Lipinski definition) is 0. The van der Waals surface area contributed by atoms with Crippen LogP contribution in [0.25, 0.3) is 16.9 Å². The molecule has 1 aromatic carbocycles. The predicted molar refractivity (Wildman–Crippen MR) is 92.5 cm³/mol. The highest BCUT2D eigenvalue weighted by Gasteiger charge is 2.18. The Labute approximate surface area is 149 Å². The van der Waals surface area contributed by atoms with Gasteiger partial charge in [0.2, 0.25) is 5.91 Å². The van der Waals surface area contributed by atoms with Crippen LogP contribution in [0.2, 0.25) is 0 Å². The van der Waals surface area contributed by atoms with E-state index >= 15 is 0 Å². The first-order chi connectivity index (χ1) is 14.6. The first-order valence-electron chi connectivity index (χ1n) is 11.5. The second kappa shape index (κ2) is 5.88. The number of rotatable bonds is 3. The number of hydrogen-bond acceptors (Lipinski definition) is 2. The summed E-state index contributed by atoms with van der Waals surface area (Å²) in [5, 5.41) is 0. The van der Waals surface area contributed by atoms with Gasteiger partial charge in [-0.2, -0.15) is 0 Å². The van der Waals surface area contributed by atoms with Gasteiger partial charge in [0, 0.05) is 32.6 Å². The maximum atomic E-state index is 13.0. The molecule has 0 saturated carbocycles. The molecule has 0 aliphatic heterocycles. The van der Waals surface area contributed by atoms with Crippen LogP contribution in [0.3, 0.4) is 0 Å². The molecule has 3 rings (SSSR count). The second-order valence-corrected chi connectivity index (χ2v) is 5.23. The Morgan fingerprint density at radius 1 is 1.30 bits per heavy atom.